The first-order chi connectivity index (χ1) is 26.8. The van der Waals surface area contributed by atoms with Crippen LogP contribution in [0.2, 0.25) is 0 Å². The van der Waals surface area contributed by atoms with E-state index in [0.29, 0.717) is 11.6 Å². The molecular formula is C45H66N6O4SY-2. The van der Waals surface area contributed by atoms with Crippen molar-refractivity contribution < 1.29 is 51.9 Å². The fourth-order valence-corrected chi connectivity index (χ4v) is 10.1. The molecule has 2 unspecified atom stereocenters. The fraction of sp³-hybridized carbons (Fsp3) is 0.600. The quantitative estimate of drug-likeness (QED) is 0.266. The van der Waals surface area contributed by atoms with Gasteiger partial charge >= 0.3 is 0 Å². The van der Waals surface area contributed by atoms with E-state index in [2.05, 4.69) is 86.7 Å². The van der Waals surface area contributed by atoms with E-state index in [1.807, 2.05) is 67.2 Å². The average Bonchev–Trinajstić information content (AvgIpc) is 3.51. The van der Waals surface area contributed by atoms with E-state index in [1.165, 1.54) is 11.1 Å². The first-order valence-electron chi connectivity index (χ1n) is 20.9. The number of likely N-dealkylation sites (tertiary alicyclic amines) is 1. The number of fused-ring (bicyclic) bond motifs is 3. The summed E-state index contributed by atoms with van der Waals surface area (Å²) in [6.07, 6.45) is 7.79. The normalized spacial score (nSPS) is 26.3. The number of hydrogen-bond donors (Lipinski definition) is 3. The van der Waals surface area contributed by atoms with Gasteiger partial charge in [-0.25, -0.2) is 6.54 Å². The minimum absolute atomic E-state index is 0. The van der Waals surface area contributed by atoms with Gasteiger partial charge < -0.3 is 37.6 Å². The Balaban J connectivity index is 0.000000190. The maximum atomic E-state index is 12.9. The van der Waals surface area contributed by atoms with Crippen molar-refractivity contribution >= 4 is 41.0 Å². The van der Waals surface area contributed by atoms with E-state index in [1.54, 1.807) is 0 Å². The summed E-state index contributed by atoms with van der Waals surface area (Å²) < 4.78 is 0. The predicted octanol–water partition coefficient (Wildman–Crippen LogP) is 6.63. The predicted molar refractivity (Wildman–Crippen MR) is 228 cm³/mol. The van der Waals surface area contributed by atoms with E-state index in [-0.39, 0.29) is 104 Å². The van der Waals surface area contributed by atoms with E-state index in [0.717, 1.165) is 68.4 Å². The molecule has 1 radical (unpaired) electrons. The molecule has 10 nitrogen and oxygen atoms in total. The van der Waals surface area contributed by atoms with Gasteiger partial charge in [0, 0.05) is 68.9 Å². The Labute approximate surface area is 372 Å². The standard InChI is InChI=1S/C17H22N2O2.C15H20N2OS.C13H24N2O.Y/c1-10(2)18-14-9-15(20)13-6-4-5-12-8-7-11(3)19(16(12)13)17(14)21;1-10-9-11-5-3-4-6-12(11)15-17(10)14(18)13(16-2)7-8-19-15;1-5-11(4)15-9-7-6-8-12(13(15)16)14-10(2)3;/h4-6,10-11,14,18H,7-9H2,1-3H3;3-6,10,13,15-16H,7-9H2,1-2H3;9-12,14H,1,5-8H2,2-4H3;/q;;-2;/t11-,14+;10?,13-,15?;11-,12+;/m101./s1. The van der Waals surface area contributed by atoms with Crippen molar-refractivity contribution in [2.45, 2.75) is 160 Å². The Kier molecular flexibility index (Phi) is 18.3. The summed E-state index contributed by atoms with van der Waals surface area (Å²) in [6.45, 7) is 20.4. The Morgan fingerprint density at radius 3 is 2.18 bits per heavy atom. The van der Waals surface area contributed by atoms with Crippen LogP contribution in [0.4, 0.5) is 5.69 Å². The van der Waals surface area contributed by atoms with Crippen molar-refractivity contribution in [3.8, 4) is 0 Å². The molecular weight excluding hydrogens is 810 g/mol. The third-order valence-corrected chi connectivity index (χ3v) is 12.8. The molecule has 2 fully saturated rings. The van der Waals surface area contributed by atoms with Crippen molar-refractivity contribution in [3.05, 3.63) is 78.2 Å². The topological polar surface area (TPSA) is 114 Å². The molecule has 57 heavy (non-hydrogen) atoms. The first-order valence-corrected chi connectivity index (χ1v) is 22.0. The van der Waals surface area contributed by atoms with Crippen LogP contribution in [-0.2, 0) is 59.9 Å². The second-order valence-electron chi connectivity index (χ2n) is 16.6. The number of likely N-dealkylation sites (N-methyl/N-ethyl adjacent to an activating group) is 1. The number of para-hydroxylation sites is 1. The molecule has 0 aliphatic carbocycles. The van der Waals surface area contributed by atoms with Crippen LogP contribution in [0.5, 0.6) is 0 Å². The Hall–Kier alpha value is -2.15. The van der Waals surface area contributed by atoms with E-state index >= 15 is 0 Å². The van der Waals surface area contributed by atoms with E-state index in [9.17, 15) is 19.2 Å². The number of nitrogens with one attached hydrogen (secondary N) is 3. The van der Waals surface area contributed by atoms with Crippen LogP contribution in [0.1, 0.15) is 126 Å². The van der Waals surface area contributed by atoms with E-state index in [4.69, 9.17) is 0 Å². The smallest absolute Gasteiger partial charge is 0.244 e. The van der Waals surface area contributed by atoms with Crippen LogP contribution < -0.4 is 20.9 Å². The number of nitrogens with zero attached hydrogens (tertiary/aromatic N) is 3. The van der Waals surface area contributed by atoms with Crippen molar-refractivity contribution in [2.75, 3.05) is 17.7 Å². The van der Waals surface area contributed by atoms with Gasteiger partial charge in [-0.1, -0.05) is 70.5 Å². The second-order valence-corrected chi connectivity index (χ2v) is 17.8. The number of ketones is 1. The Morgan fingerprint density at radius 1 is 0.807 bits per heavy atom. The molecule has 2 saturated heterocycles. The molecule has 7 rings (SSSR count). The molecule has 0 bridgehead atoms. The van der Waals surface area contributed by atoms with Crippen molar-refractivity contribution in [2.24, 2.45) is 0 Å². The summed E-state index contributed by atoms with van der Waals surface area (Å²) in [6, 6.07) is 15.1. The molecule has 3 N–H and O–H groups in total. The summed E-state index contributed by atoms with van der Waals surface area (Å²) in [5.41, 5.74) is 5.42. The summed E-state index contributed by atoms with van der Waals surface area (Å²) in [5.74, 6) is 1.60. The number of carbonyl (C=O) groups is 4. The molecule has 0 spiro atoms. The van der Waals surface area contributed by atoms with Crippen LogP contribution >= 0.6 is 11.8 Å². The van der Waals surface area contributed by atoms with Gasteiger partial charge in [0.25, 0.3) is 0 Å². The maximum Gasteiger partial charge on any atom is 0.244 e. The minimum atomic E-state index is -0.418. The third-order valence-electron chi connectivity index (χ3n) is 11.5. The van der Waals surface area contributed by atoms with Gasteiger partial charge in [0.1, 0.15) is 5.37 Å². The Bertz CT molecular complexity index is 1690. The Morgan fingerprint density at radius 2 is 1.49 bits per heavy atom. The number of benzene rings is 2. The molecule has 2 aromatic carbocycles. The van der Waals surface area contributed by atoms with Gasteiger partial charge in [0.15, 0.2) is 5.78 Å². The van der Waals surface area contributed by atoms with Gasteiger partial charge in [-0.3, -0.25) is 19.2 Å². The number of thioether (sulfide) groups is 1. The van der Waals surface area contributed by atoms with Crippen molar-refractivity contribution in [3.63, 3.8) is 0 Å². The summed E-state index contributed by atoms with van der Waals surface area (Å²) in [5, 5.41) is 9.97. The van der Waals surface area contributed by atoms with Crippen molar-refractivity contribution in [1.29, 1.82) is 0 Å². The van der Waals surface area contributed by atoms with Crippen LogP contribution in [0.15, 0.2) is 42.5 Å². The number of Topliss-reactive ketones (excluding diaryl/α,β-unsaturated/α-hetero) is 1. The SMILES string of the molecule is CC(C)N[C@H]1CC(=O)c2cccc3c2N(C1=O)[C@H](C)CC3.CN[C@H]1CCSC2c3ccccc3CC(C)N2C1=O.[CH2-]C[C@@H](C)N1[CH-]CCC[C@H](NC(C)C)C1=O.[Y]. The number of amides is 3. The average molecular weight is 876 g/mol. The van der Waals surface area contributed by atoms with Crippen LogP contribution in [0.3, 0.4) is 0 Å². The third kappa shape index (κ3) is 11.4. The minimum Gasteiger partial charge on any atom is -0.491 e. The number of anilines is 1. The zero-order valence-corrected chi connectivity index (χ0v) is 39.2. The molecule has 5 aliphatic heterocycles. The number of carbonyl (C=O) groups excluding carboxylic acids is 4. The van der Waals surface area contributed by atoms with Crippen molar-refractivity contribution in [1.82, 2.24) is 25.8 Å². The maximum absolute atomic E-state index is 12.9. The molecule has 7 atom stereocenters. The van der Waals surface area contributed by atoms with E-state index < -0.39 is 6.04 Å². The summed E-state index contributed by atoms with van der Waals surface area (Å²) in [4.78, 5) is 56.3. The number of rotatable bonds is 7. The molecule has 2 aromatic rings. The van der Waals surface area contributed by atoms with Gasteiger partial charge in [0.05, 0.1) is 23.8 Å². The molecule has 5 aliphatic rings. The second kappa shape index (κ2) is 21.9. The number of hydrogen-bond acceptors (Lipinski definition) is 8. The summed E-state index contributed by atoms with van der Waals surface area (Å²) >= 11 is 1.90. The van der Waals surface area contributed by atoms with Gasteiger partial charge in [-0.15, -0.1) is 11.8 Å². The van der Waals surface area contributed by atoms with Gasteiger partial charge in [0.2, 0.25) is 17.7 Å². The summed E-state index contributed by atoms with van der Waals surface area (Å²) in [7, 11) is 1.89. The molecule has 0 saturated carbocycles. The zero-order valence-electron chi connectivity index (χ0n) is 35.6. The molecule has 12 heteroatoms. The van der Waals surface area contributed by atoms with Crippen LogP contribution in [0, 0.1) is 13.5 Å². The van der Waals surface area contributed by atoms with Crippen LogP contribution in [-0.4, -0.2) is 94.4 Å². The zero-order chi connectivity index (χ0) is 40.7. The first kappa shape index (κ1) is 47.5. The number of aryl methyl sites for hydroxylation is 1. The largest absolute Gasteiger partial charge is 0.491 e. The monoisotopic (exact) mass is 875 g/mol. The van der Waals surface area contributed by atoms with Gasteiger partial charge in [-0.2, -0.15) is 12.8 Å². The molecule has 3 amide bonds. The molecule has 5 heterocycles. The van der Waals surface area contributed by atoms with Gasteiger partial charge in [-0.05, 0) is 94.5 Å². The molecule has 0 aromatic heterocycles. The molecule has 311 valence electrons. The van der Waals surface area contributed by atoms with Crippen LogP contribution in [0.25, 0.3) is 0 Å². The fourth-order valence-electron chi connectivity index (χ4n) is 8.60.